The minimum Gasteiger partial charge on any atom is -0.501 e. The van der Waals surface area contributed by atoms with E-state index in [1.165, 1.54) is 37.7 Å². The lowest BCUT2D eigenvalue weighted by Crippen LogP contribution is -2.14. The maximum atomic E-state index is 5.26. The Hall–Kier alpha value is -0.460. The predicted molar refractivity (Wildman–Crippen MR) is 40.4 cm³/mol. The summed E-state index contributed by atoms with van der Waals surface area (Å²) in [6.45, 7) is 0.927. The first-order valence-corrected chi connectivity index (χ1v) is 4.12. The third-order valence-electron chi connectivity index (χ3n) is 2.35. The zero-order chi connectivity index (χ0) is 6.81. The molecular formula is C9H13O. The highest BCUT2D eigenvalue weighted by Gasteiger charge is 2.23. The smallest absolute Gasteiger partial charge is 0.0876 e. The molecule has 2 rings (SSSR count). The molecule has 55 valence electrons. The maximum Gasteiger partial charge on any atom is 0.0876 e. The number of hydrogen-bond donors (Lipinski definition) is 0. The van der Waals surface area contributed by atoms with Crippen molar-refractivity contribution >= 4 is 0 Å². The lowest BCUT2D eigenvalue weighted by Gasteiger charge is -2.29. The summed E-state index contributed by atoms with van der Waals surface area (Å²) in [5.74, 6) is 1.65. The van der Waals surface area contributed by atoms with Crippen molar-refractivity contribution in [2.75, 3.05) is 6.61 Å². The average Bonchev–Trinajstić information content (AvgIpc) is 1.86. The zero-order valence-corrected chi connectivity index (χ0v) is 6.23. The van der Waals surface area contributed by atoms with E-state index in [2.05, 4.69) is 0 Å². The van der Waals surface area contributed by atoms with E-state index in [0.29, 0.717) is 0 Å². The Balaban J connectivity index is 1.94. The van der Waals surface area contributed by atoms with Gasteiger partial charge >= 0.3 is 0 Å². The van der Waals surface area contributed by atoms with Crippen LogP contribution in [0.25, 0.3) is 0 Å². The van der Waals surface area contributed by atoms with Gasteiger partial charge in [0.05, 0.1) is 12.9 Å². The van der Waals surface area contributed by atoms with Crippen LogP contribution in [0.5, 0.6) is 0 Å². The largest absolute Gasteiger partial charge is 0.501 e. The summed E-state index contributed by atoms with van der Waals surface area (Å²) in [7, 11) is 0. The molecule has 0 bridgehead atoms. The molecule has 0 spiro atoms. The number of hydrogen-bond acceptors (Lipinski definition) is 1. The van der Waals surface area contributed by atoms with E-state index in [0.717, 1.165) is 6.61 Å². The van der Waals surface area contributed by atoms with Gasteiger partial charge in [-0.25, -0.2) is 0 Å². The van der Waals surface area contributed by atoms with Gasteiger partial charge in [-0.3, -0.25) is 0 Å². The molecule has 1 heterocycles. The Morgan fingerprint density at radius 3 is 2.50 bits per heavy atom. The summed E-state index contributed by atoms with van der Waals surface area (Å²) in [5.41, 5.74) is 1.50. The van der Waals surface area contributed by atoms with E-state index in [1.54, 1.807) is 5.92 Å². The molecular weight excluding hydrogens is 124 g/mol. The molecule has 10 heavy (non-hydrogen) atoms. The normalized spacial score (nSPS) is 26.6. The van der Waals surface area contributed by atoms with Crippen molar-refractivity contribution in [3.05, 3.63) is 17.8 Å². The summed E-state index contributed by atoms with van der Waals surface area (Å²) in [5, 5.41) is 0. The average molecular weight is 137 g/mol. The first-order chi connectivity index (χ1) is 4.97. The van der Waals surface area contributed by atoms with Crippen LogP contribution in [0.2, 0.25) is 0 Å². The van der Waals surface area contributed by atoms with Gasteiger partial charge in [0.1, 0.15) is 0 Å². The maximum absolute atomic E-state index is 5.26. The van der Waals surface area contributed by atoms with Gasteiger partial charge in [-0.2, -0.15) is 0 Å². The minimum absolute atomic E-state index is 0.927. The van der Waals surface area contributed by atoms with Crippen molar-refractivity contribution in [3.63, 3.8) is 0 Å². The van der Waals surface area contributed by atoms with Crippen LogP contribution in [0.15, 0.2) is 11.8 Å². The van der Waals surface area contributed by atoms with Crippen LogP contribution in [0.4, 0.5) is 0 Å². The Morgan fingerprint density at radius 1 is 1.10 bits per heavy atom. The summed E-state index contributed by atoms with van der Waals surface area (Å²) in [6.07, 6.45) is 8.50. The monoisotopic (exact) mass is 137 g/mol. The summed E-state index contributed by atoms with van der Waals surface area (Å²) in [6, 6.07) is 0. The first-order valence-electron chi connectivity index (χ1n) is 4.12. The molecule has 2 aliphatic rings. The van der Waals surface area contributed by atoms with Gasteiger partial charge < -0.3 is 4.74 Å². The van der Waals surface area contributed by atoms with Gasteiger partial charge in [0.25, 0.3) is 0 Å². The minimum atomic E-state index is 0.927. The Bertz CT molecular complexity index is 145. The van der Waals surface area contributed by atoms with Gasteiger partial charge in [0.2, 0.25) is 0 Å². The van der Waals surface area contributed by atoms with Crippen LogP contribution < -0.4 is 0 Å². The van der Waals surface area contributed by atoms with Crippen LogP contribution in [0, 0.1) is 5.92 Å². The highest BCUT2D eigenvalue weighted by molar-refractivity contribution is 5.27. The van der Waals surface area contributed by atoms with Gasteiger partial charge in [-0.1, -0.05) is 6.42 Å². The molecule has 1 heteroatoms. The third-order valence-corrected chi connectivity index (χ3v) is 2.35. The van der Waals surface area contributed by atoms with Crippen molar-refractivity contribution in [2.45, 2.75) is 32.1 Å². The fourth-order valence-corrected chi connectivity index (χ4v) is 1.50. The molecule has 0 atom stereocenters. The molecule has 0 amide bonds. The predicted octanol–water partition coefficient (Wildman–Crippen LogP) is 2.44. The summed E-state index contributed by atoms with van der Waals surface area (Å²) in [4.78, 5) is 0. The zero-order valence-electron chi connectivity index (χ0n) is 6.23. The molecule has 1 saturated carbocycles. The highest BCUT2D eigenvalue weighted by Crippen LogP contribution is 2.38. The lowest BCUT2D eigenvalue weighted by atomic mass is 9.78. The summed E-state index contributed by atoms with van der Waals surface area (Å²) >= 11 is 0. The standard InChI is InChI=1S/C9H13O/c1-3-8(4-1)9-5-2-6-10-7-9/h7H,1-6H2. The third kappa shape index (κ3) is 1.05. The molecule has 1 aliphatic heterocycles. The van der Waals surface area contributed by atoms with Gasteiger partial charge in [0.15, 0.2) is 0 Å². The van der Waals surface area contributed by atoms with Crippen LogP contribution >= 0.6 is 0 Å². The molecule has 1 nitrogen and oxygen atoms in total. The molecule has 0 aromatic heterocycles. The van der Waals surface area contributed by atoms with Crippen molar-refractivity contribution in [3.8, 4) is 0 Å². The number of ether oxygens (including phenoxy) is 1. The first kappa shape index (κ1) is 6.26. The number of allylic oxidation sites excluding steroid dienone is 1. The van der Waals surface area contributed by atoms with Crippen molar-refractivity contribution in [1.82, 2.24) is 0 Å². The fourth-order valence-electron chi connectivity index (χ4n) is 1.50. The van der Waals surface area contributed by atoms with Gasteiger partial charge in [-0.05, 0) is 31.3 Å². The van der Waals surface area contributed by atoms with E-state index in [4.69, 9.17) is 4.74 Å². The van der Waals surface area contributed by atoms with Crippen molar-refractivity contribution in [1.29, 1.82) is 0 Å². The molecule has 0 unspecified atom stereocenters. The molecule has 0 saturated heterocycles. The Kier molecular flexibility index (Phi) is 1.66. The second-order valence-corrected chi connectivity index (χ2v) is 3.07. The Morgan fingerprint density at radius 2 is 2.00 bits per heavy atom. The Labute approximate surface area is 62.1 Å². The second kappa shape index (κ2) is 2.65. The van der Waals surface area contributed by atoms with Crippen LogP contribution in [-0.2, 0) is 4.74 Å². The van der Waals surface area contributed by atoms with E-state index in [-0.39, 0.29) is 0 Å². The van der Waals surface area contributed by atoms with Crippen LogP contribution in [0.1, 0.15) is 32.1 Å². The highest BCUT2D eigenvalue weighted by atomic mass is 16.5. The molecule has 1 fully saturated rings. The van der Waals surface area contributed by atoms with E-state index < -0.39 is 0 Å². The topological polar surface area (TPSA) is 9.23 Å². The molecule has 0 aromatic rings. The van der Waals surface area contributed by atoms with Crippen LogP contribution in [-0.4, -0.2) is 6.61 Å². The van der Waals surface area contributed by atoms with E-state index in [9.17, 15) is 0 Å². The lowest BCUT2D eigenvalue weighted by molar-refractivity contribution is 0.222. The number of rotatable bonds is 1. The van der Waals surface area contributed by atoms with Crippen molar-refractivity contribution in [2.24, 2.45) is 0 Å². The molecule has 1 radical (unpaired) electrons. The van der Waals surface area contributed by atoms with Crippen LogP contribution in [0.3, 0.4) is 0 Å². The summed E-state index contributed by atoms with van der Waals surface area (Å²) < 4.78 is 5.26. The van der Waals surface area contributed by atoms with E-state index >= 15 is 0 Å². The van der Waals surface area contributed by atoms with Crippen molar-refractivity contribution < 1.29 is 4.74 Å². The quantitative estimate of drug-likeness (QED) is 0.539. The molecule has 0 aromatic carbocycles. The SMILES string of the molecule is C1=C([C]2CCC2)CCCO1. The van der Waals surface area contributed by atoms with Gasteiger partial charge in [-0.15, -0.1) is 0 Å². The molecule has 1 aliphatic carbocycles. The fraction of sp³-hybridized carbons (Fsp3) is 0.667. The molecule has 0 N–H and O–H groups in total. The van der Waals surface area contributed by atoms with E-state index in [1.807, 2.05) is 6.26 Å². The second-order valence-electron chi connectivity index (χ2n) is 3.07. The van der Waals surface area contributed by atoms with Gasteiger partial charge in [0, 0.05) is 5.92 Å².